The fourth-order valence-corrected chi connectivity index (χ4v) is 3.83. The molecule has 0 radical (unpaired) electrons. The Kier molecular flexibility index (Phi) is 4.58. The molecule has 130 valence electrons. The molecular formula is C16H25F2N3O2. The van der Waals surface area contributed by atoms with Crippen LogP contribution in [-0.4, -0.2) is 54.2 Å². The minimum Gasteiger partial charge on any atom is -0.387 e. The maximum Gasteiger partial charge on any atom is 0.269 e. The molecule has 7 heteroatoms. The number of nitrogens with zero attached hydrogens (tertiary/aromatic N) is 2. The molecule has 1 aliphatic carbocycles. The smallest absolute Gasteiger partial charge is 0.269 e. The highest BCUT2D eigenvalue weighted by atomic mass is 19.3. The number of piperidine rings is 1. The van der Waals surface area contributed by atoms with Gasteiger partial charge in [0.25, 0.3) is 5.91 Å². The van der Waals surface area contributed by atoms with Crippen molar-refractivity contribution in [3.05, 3.63) is 0 Å². The Bertz CT molecular complexity index is 490. The number of nitrogens with one attached hydrogen (secondary N) is 1. The van der Waals surface area contributed by atoms with Gasteiger partial charge in [-0.05, 0) is 31.7 Å². The van der Waals surface area contributed by atoms with E-state index in [-0.39, 0.29) is 24.7 Å². The lowest BCUT2D eigenvalue weighted by atomic mass is 9.80. The van der Waals surface area contributed by atoms with Crippen LogP contribution in [0.1, 0.15) is 45.4 Å². The number of carbonyl (C=O) groups is 1. The van der Waals surface area contributed by atoms with Crippen LogP contribution in [0.15, 0.2) is 5.16 Å². The van der Waals surface area contributed by atoms with Crippen molar-refractivity contribution in [3.8, 4) is 0 Å². The van der Waals surface area contributed by atoms with Crippen LogP contribution in [-0.2, 0) is 9.63 Å². The van der Waals surface area contributed by atoms with Gasteiger partial charge in [-0.2, -0.15) is 0 Å². The van der Waals surface area contributed by atoms with E-state index in [0.717, 1.165) is 25.8 Å². The fraction of sp³-hybridized carbons (Fsp3) is 0.875. The zero-order chi connectivity index (χ0) is 16.5. The summed E-state index contributed by atoms with van der Waals surface area (Å²) < 4.78 is 25.9. The van der Waals surface area contributed by atoms with Gasteiger partial charge in [-0.3, -0.25) is 9.69 Å². The molecule has 23 heavy (non-hydrogen) atoms. The van der Waals surface area contributed by atoms with Gasteiger partial charge in [0, 0.05) is 38.9 Å². The summed E-state index contributed by atoms with van der Waals surface area (Å²) in [6.45, 7) is 4.90. The molecule has 1 saturated carbocycles. The second kappa shape index (κ2) is 6.34. The van der Waals surface area contributed by atoms with Gasteiger partial charge in [-0.15, -0.1) is 0 Å². The average Bonchev–Trinajstić information content (AvgIpc) is 2.86. The molecule has 0 aromatic carbocycles. The number of amides is 1. The summed E-state index contributed by atoms with van der Waals surface area (Å²) in [6, 6.07) is 0. The molecule has 1 amide bonds. The van der Waals surface area contributed by atoms with E-state index >= 15 is 0 Å². The van der Waals surface area contributed by atoms with E-state index < -0.39 is 11.5 Å². The normalized spacial score (nSPS) is 30.7. The number of likely N-dealkylation sites (tertiary alicyclic amines) is 1. The van der Waals surface area contributed by atoms with Crippen LogP contribution in [0.4, 0.5) is 8.78 Å². The summed E-state index contributed by atoms with van der Waals surface area (Å²) >= 11 is 0. The number of hydrogen-bond donors (Lipinski definition) is 1. The summed E-state index contributed by atoms with van der Waals surface area (Å²) in [4.78, 5) is 19.8. The zero-order valence-electron chi connectivity index (χ0n) is 13.6. The third-order valence-electron chi connectivity index (χ3n) is 4.95. The highest BCUT2D eigenvalue weighted by molar-refractivity contribution is 6.39. The molecule has 3 rings (SSSR count). The van der Waals surface area contributed by atoms with Crippen molar-refractivity contribution in [2.24, 2.45) is 11.1 Å². The molecule has 1 saturated heterocycles. The third-order valence-corrected chi connectivity index (χ3v) is 4.95. The van der Waals surface area contributed by atoms with Crippen molar-refractivity contribution >= 4 is 11.6 Å². The Hall–Kier alpha value is -1.24. The second-order valence-corrected chi connectivity index (χ2v) is 7.21. The van der Waals surface area contributed by atoms with Gasteiger partial charge in [0.2, 0.25) is 5.92 Å². The molecule has 5 nitrogen and oxygen atoms in total. The molecule has 1 spiro atoms. The first-order valence-corrected chi connectivity index (χ1v) is 8.55. The quantitative estimate of drug-likeness (QED) is 0.841. The predicted octanol–water partition coefficient (Wildman–Crippen LogP) is 2.17. The fourth-order valence-electron chi connectivity index (χ4n) is 3.83. The van der Waals surface area contributed by atoms with E-state index in [2.05, 4.69) is 15.4 Å². The first-order valence-electron chi connectivity index (χ1n) is 8.55. The Morgan fingerprint density at radius 3 is 2.96 bits per heavy atom. The van der Waals surface area contributed by atoms with Crippen molar-refractivity contribution in [1.82, 2.24) is 10.2 Å². The molecule has 2 aliphatic heterocycles. The average molecular weight is 329 g/mol. The van der Waals surface area contributed by atoms with E-state index in [1.165, 1.54) is 0 Å². The summed E-state index contributed by atoms with van der Waals surface area (Å²) in [5, 5.41) is 6.81. The van der Waals surface area contributed by atoms with E-state index in [1.807, 2.05) is 6.92 Å². The largest absolute Gasteiger partial charge is 0.387 e. The van der Waals surface area contributed by atoms with Crippen LogP contribution >= 0.6 is 0 Å². The number of alkyl halides is 2. The maximum absolute atomic E-state index is 13.0. The van der Waals surface area contributed by atoms with Gasteiger partial charge in [-0.25, -0.2) is 8.78 Å². The van der Waals surface area contributed by atoms with E-state index in [9.17, 15) is 13.6 Å². The molecule has 1 N–H and O–H groups in total. The summed E-state index contributed by atoms with van der Waals surface area (Å²) in [5.41, 5.74) is 0.0131. The summed E-state index contributed by atoms with van der Waals surface area (Å²) in [6.07, 6.45) is 3.20. The van der Waals surface area contributed by atoms with Crippen molar-refractivity contribution in [1.29, 1.82) is 0 Å². The number of hydrogen-bond acceptors (Lipinski definition) is 4. The second-order valence-electron chi connectivity index (χ2n) is 7.21. The van der Waals surface area contributed by atoms with Crippen molar-refractivity contribution in [3.63, 3.8) is 0 Å². The predicted molar refractivity (Wildman–Crippen MR) is 82.5 cm³/mol. The maximum atomic E-state index is 13.0. The Balaban J connectivity index is 1.50. The first-order chi connectivity index (χ1) is 10.9. The molecule has 1 unspecified atom stereocenters. The van der Waals surface area contributed by atoms with Gasteiger partial charge in [0.15, 0.2) is 5.60 Å². The van der Waals surface area contributed by atoms with Crippen LogP contribution in [0.3, 0.4) is 0 Å². The molecular weight excluding hydrogens is 304 g/mol. The number of halogens is 2. The minimum absolute atomic E-state index is 0.00146. The van der Waals surface area contributed by atoms with E-state index in [4.69, 9.17) is 4.84 Å². The molecule has 2 heterocycles. The molecule has 0 bridgehead atoms. The number of carbonyl (C=O) groups excluding carboxylic acids is 1. The van der Waals surface area contributed by atoms with Crippen LogP contribution < -0.4 is 5.32 Å². The number of rotatable bonds is 5. The first kappa shape index (κ1) is 16.6. The van der Waals surface area contributed by atoms with Gasteiger partial charge >= 0.3 is 0 Å². The van der Waals surface area contributed by atoms with E-state index in [0.29, 0.717) is 31.8 Å². The molecule has 2 fully saturated rings. The highest BCUT2D eigenvalue weighted by Gasteiger charge is 2.48. The topological polar surface area (TPSA) is 53.9 Å². The minimum atomic E-state index is -2.46. The highest BCUT2D eigenvalue weighted by Crippen LogP contribution is 2.43. The van der Waals surface area contributed by atoms with Crippen LogP contribution in [0.5, 0.6) is 0 Å². The summed E-state index contributed by atoms with van der Waals surface area (Å²) in [5.74, 6) is -2.54. The molecule has 0 aromatic heterocycles. The Morgan fingerprint density at radius 1 is 1.48 bits per heavy atom. The lowest BCUT2D eigenvalue weighted by molar-refractivity contribution is -0.126. The Morgan fingerprint density at radius 2 is 2.26 bits per heavy atom. The van der Waals surface area contributed by atoms with Gasteiger partial charge in [0.05, 0.1) is 0 Å². The zero-order valence-corrected chi connectivity index (χ0v) is 13.6. The van der Waals surface area contributed by atoms with Crippen LogP contribution in [0, 0.1) is 5.92 Å². The van der Waals surface area contributed by atoms with Crippen molar-refractivity contribution in [2.75, 3.05) is 26.2 Å². The van der Waals surface area contributed by atoms with Gasteiger partial charge in [-0.1, -0.05) is 12.1 Å². The lowest BCUT2D eigenvalue weighted by Crippen LogP contribution is -2.52. The van der Waals surface area contributed by atoms with E-state index in [1.54, 1.807) is 0 Å². The molecule has 1 atom stereocenters. The van der Waals surface area contributed by atoms with Gasteiger partial charge in [0.1, 0.15) is 5.71 Å². The van der Waals surface area contributed by atoms with Crippen molar-refractivity contribution in [2.45, 2.75) is 57.0 Å². The lowest BCUT2D eigenvalue weighted by Gasteiger charge is -2.43. The Labute approximate surface area is 135 Å². The summed E-state index contributed by atoms with van der Waals surface area (Å²) in [7, 11) is 0. The third kappa shape index (κ3) is 3.82. The van der Waals surface area contributed by atoms with Crippen LogP contribution in [0.25, 0.3) is 0 Å². The van der Waals surface area contributed by atoms with Crippen LogP contribution in [0.2, 0.25) is 0 Å². The number of oxime groups is 1. The van der Waals surface area contributed by atoms with Crippen molar-refractivity contribution < 1.29 is 18.4 Å². The molecule has 0 aromatic rings. The SMILES string of the molecule is CCCNC(=O)C1=NOC2(CCCN(CC3CC(F)(F)C3)C2)C1. The van der Waals surface area contributed by atoms with Gasteiger partial charge < -0.3 is 10.2 Å². The standard InChI is InChI=1S/C16H25F2N3O2/c1-2-5-19-14(22)13-9-15(23-20-13)4-3-6-21(11-15)10-12-7-16(17,18)8-12/h12H,2-11H2,1H3,(H,19,22). The monoisotopic (exact) mass is 329 g/mol. The molecule has 3 aliphatic rings.